The van der Waals surface area contributed by atoms with Gasteiger partial charge in [0, 0.05) is 0 Å². The maximum absolute atomic E-state index is 14.2. The van der Waals surface area contributed by atoms with Crippen molar-refractivity contribution in [3.05, 3.63) is 35.9 Å². The molecule has 0 spiro atoms. The van der Waals surface area contributed by atoms with Crippen molar-refractivity contribution in [2.24, 2.45) is 23.7 Å². The van der Waals surface area contributed by atoms with Crippen LogP contribution in [0.25, 0.3) is 0 Å². The number of unbranched alkanes of at least 4 members (excludes halogenated alkanes) is 2. The standard InChI is InChI=1S/C29H44F2O2/c1-3-5-6-8-22-10-14-24(15-11-22)25-16-12-23(13-17-25)9-7-21-33-27-19-18-26(32-20-4-2)28(30)29(27)31/h7,9,18-19,22-25H,3-6,8,10-17,20-21H2,1-2H3/b9-7+. The van der Waals surface area contributed by atoms with E-state index in [4.69, 9.17) is 9.47 Å². The largest absolute Gasteiger partial charge is 0.490 e. The molecule has 3 rings (SSSR count). The van der Waals surface area contributed by atoms with Gasteiger partial charge >= 0.3 is 0 Å². The minimum atomic E-state index is -0.974. The Morgan fingerprint density at radius 1 is 0.788 bits per heavy atom. The summed E-state index contributed by atoms with van der Waals surface area (Å²) in [6.07, 6.45) is 21.5. The Morgan fingerprint density at radius 2 is 1.39 bits per heavy atom. The molecule has 0 saturated heterocycles. The molecule has 1 aromatic carbocycles. The molecule has 0 aliphatic heterocycles. The number of hydrogen-bond donors (Lipinski definition) is 0. The summed E-state index contributed by atoms with van der Waals surface area (Å²) in [4.78, 5) is 0. The summed E-state index contributed by atoms with van der Waals surface area (Å²) in [5, 5.41) is 0. The van der Waals surface area contributed by atoms with Gasteiger partial charge < -0.3 is 9.47 Å². The van der Waals surface area contributed by atoms with Crippen LogP contribution in [0.3, 0.4) is 0 Å². The van der Waals surface area contributed by atoms with Gasteiger partial charge in [0.2, 0.25) is 11.6 Å². The molecule has 2 fully saturated rings. The maximum Gasteiger partial charge on any atom is 0.204 e. The topological polar surface area (TPSA) is 18.5 Å². The first kappa shape index (κ1) is 26.0. The van der Waals surface area contributed by atoms with Gasteiger partial charge in [-0.3, -0.25) is 0 Å². The molecule has 186 valence electrons. The van der Waals surface area contributed by atoms with Crippen LogP contribution in [0.4, 0.5) is 8.78 Å². The van der Waals surface area contributed by atoms with Crippen molar-refractivity contribution in [2.45, 2.75) is 97.3 Å². The Balaban J connectivity index is 1.34. The van der Waals surface area contributed by atoms with Gasteiger partial charge in [-0.05, 0) is 80.8 Å². The fourth-order valence-electron chi connectivity index (χ4n) is 5.78. The molecule has 0 heterocycles. The first-order valence-electron chi connectivity index (χ1n) is 13.5. The SMILES string of the molecule is CCCCCC1CCC(C2CCC(/C=C/COc3ccc(OCCC)c(F)c3F)CC2)CC1. The zero-order valence-corrected chi connectivity index (χ0v) is 20.8. The molecular formula is C29H44F2O2. The van der Waals surface area contributed by atoms with E-state index in [0.717, 1.165) is 24.2 Å². The van der Waals surface area contributed by atoms with Gasteiger partial charge in [-0.15, -0.1) is 0 Å². The molecule has 2 aliphatic carbocycles. The van der Waals surface area contributed by atoms with Gasteiger partial charge in [-0.2, -0.15) is 8.78 Å². The Labute approximate surface area is 200 Å². The summed E-state index contributed by atoms with van der Waals surface area (Å²) in [6, 6.07) is 2.88. The van der Waals surface area contributed by atoms with Crippen molar-refractivity contribution in [1.29, 1.82) is 0 Å². The fraction of sp³-hybridized carbons (Fsp3) is 0.724. The summed E-state index contributed by atoms with van der Waals surface area (Å²) in [5.41, 5.74) is 0. The normalized spacial score (nSPS) is 25.9. The van der Waals surface area contributed by atoms with Crippen LogP contribution in [0.2, 0.25) is 0 Å². The van der Waals surface area contributed by atoms with E-state index in [9.17, 15) is 8.78 Å². The third-order valence-electron chi connectivity index (χ3n) is 7.81. The lowest BCUT2D eigenvalue weighted by molar-refractivity contribution is 0.151. The molecule has 0 aromatic heterocycles. The fourth-order valence-corrected chi connectivity index (χ4v) is 5.78. The van der Waals surface area contributed by atoms with E-state index in [0.29, 0.717) is 12.5 Å². The van der Waals surface area contributed by atoms with Crippen LogP contribution in [0.15, 0.2) is 24.3 Å². The van der Waals surface area contributed by atoms with Crippen molar-refractivity contribution in [1.82, 2.24) is 0 Å². The molecule has 0 unspecified atom stereocenters. The predicted molar refractivity (Wildman–Crippen MR) is 132 cm³/mol. The Hall–Kier alpha value is -1.58. The zero-order chi connectivity index (χ0) is 23.5. The van der Waals surface area contributed by atoms with Crippen molar-refractivity contribution in [3.8, 4) is 11.5 Å². The summed E-state index contributed by atoms with van der Waals surface area (Å²) in [6.45, 7) is 4.83. The van der Waals surface area contributed by atoms with E-state index in [1.807, 2.05) is 13.0 Å². The molecule has 33 heavy (non-hydrogen) atoms. The molecule has 2 saturated carbocycles. The van der Waals surface area contributed by atoms with E-state index < -0.39 is 11.6 Å². The third kappa shape index (κ3) is 8.00. The Bertz CT molecular complexity index is 717. The number of benzene rings is 1. The molecule has 2 aliphatic rings. The summed E-state index contributed by atoms with van der Waals surface area (Å²) < 4.78 is 38.9. The van der Waals surface area contributed by atoms with Crippen molar-refractivity contribution >= 4 is 0 Å². The van der Waals surface area contributed by atoms with E-state index in [1.54, 1.807) is 0 Å². The second kappa shape index (κ2) is 14.0. The van der Waals surface area contributed by atoms with Crippen LogP contribution in [0.1, 0.15) is 97.3 Å². The molecule has 0 atom stereocenters. The smallest absolute Gasteiger partial charge is 0.204 e. The Morgan fingerprint density at radius 3 is 2.00 bits per heavy atom. The highest BCUT2D eigenvalue weighted by atomic mass is 19.2. The minimum absolute atomic E-state index is 0.0565. The van der Waals surface area contributed by atoms with Crippen LogP contribution in [-0.4, -0.2) is 13.2 Å². The summed E-state index contributed by atoms with van der Waals surface area (Å²) >= 11 is 0. The predicted octanol–water partition coefficient (Wildman–Crippen LogP) is 8.88. The molecule has 2 nitrogen and oxygen atoms in total. The lowest BCUT2D eigenvalue weighted by Crippen LogP contribution is -2.25. The second-order valence-corrected chi connectivity index (χ2v) is 10.2. The monoisotopic (exact) mass is 462 g/mol. The molecule has 0 radical (unpaired) electrons. The second-order valence-electron chi connectivity index (χ2n) is 10.2. The lowest BCUT2D eigenvalue weighted by atomic mass is 9.68. The van der Waals surface area contributed by atoms with E-state index in [1.165, 1.54) is 89.2 Å². The Kier molecular flexibility index (Phi) is 11.0. The van der Waals surface area contributed by atoms with Crippen molar-refractivity contribution < 1.29 is 18.3 Å². The first-order chi connectivity index (χ1) is 16.1. The third-order valence-corrected chi connectivity index (χ3v) is 7.81. The molecule has 0 N–H and O–H groups in total. The van der Waals surface area contributed by atoms with Crippen LogP contribution in [-0.2, 0) is 0 Å². The van der Waals surface area contributed by atoms with Crippen LogP contribution >= 0.6 is 0 Å². The van der Waals surface area contributed by atoms with E-state index in [2.05, 4.69) is 13.0 Å². The highest BCUT2D eigenvalue weighted by Gasteiger charge is 2.30. The first-order valence-corrected chi connectivity index (χ1v) is 13.5. The zero-order valence-electron chi connectivity index (χ0n) is 20.8. The highest BCUT2D eigenvalue weighted by molar-refractivity contribution is 5.35. The number of hydrogen-bond acceptors (Lipinski definition) is 2. The quantitative estimate of drug-likeness (QED) is 0.228. The van der Waals surface area contributed by atoms with Gasteiger partial charge in [-0.1, -0.05) is 64.5 Å². The number of ether oxygens (including phenoxy) is 2. The minimum Gasteiger partial charge on any atom is -0.490 e. The number of halogens is 2. The molecule has 4 heteroatoms. The van der Waals surface area contributed by atoms with Crippen LogP contribution < -0.4 is 9.47 Å². The molecule has 0 amide bonds. The summed E-state index contributed by atoms with van der Waals surface area (Å²) in [5.74, 6) is 1.37. The highest BCUT2D eigenvalue weighted by Crippen LogP contribution is 2.42. The van der Waals surface area contributed by atoms with Crippen LogP contribution in [0, 0.1) is 35.3 Å². The number of rotatable bonds is 12. The van der Waals surface area contributed by atoms with Gasteiger partial charge in [0.1, 0.15) is 6.61 Å². The summed E-state index contributed by atoms with van der Waals surface area (Å²) in [7, 11) is 0. The van der Waals surface area contributed by atoms with Gasteiger partial charge in [0.15, 0.2) is 11.5 Å². The van der Waals surface area contributed by atoms with Gasteiger partial charge in [-0.25, -0.2) is 0 Å². The maximum atomic E-state index is 14.2. The van der Waals surface area contributed by atoms with E-state index >= 15 is 0 Å². The van der Waals surface area contributed by atoms with E-state index in [-0.39, 0.29) is 18.1 Å². The molecular weight excluding hydrogens is 418 g/mol. The average Bonchev–Trinajstić information content (AvgIpc) is 2.85. The molecule has 1 aromatic rings. The number of allylic oxidation sites excluding steroid dienone is 1. The van der Waals surface area contributed by atoms with Gasteiger partial charge in [0.25, 0.3) is 0 Å². The van der Waals surface area contributed by atoms with Gasteiger partial charge in [0.05, 0.1) is 6.61 Å². The van der Waals surface area contributed by atoms with Crippen molar-refractivity contribution in [2.75, 3.05) is 13.2 Å². The molecule has 0 bridgehead atoms. The average molecular weight is 463 g/mol. The van der Waals surface area contributed by atoms with Crippen molar-refractivity contribution in [3.63, 3.8) is 0 Å². The van der Waals surface area contributed by atoms with Crippen LogP contribution in [0.5, 0.6) is 11.5 Å². The lowest BCUT2D eigenvalue weighted by Gasteiger charge is -2.37.